The SMILES string of the molecule is Cl.Nc1ccc(Nc2cc(-c3ccccc3)ncn2)cc1. The number of nitrogens with one attached hydrogen (secondary N) is 1. The van der Waals surface area contributed by atoms with Crippen LogP contribution in [0.25, 0.3) is 11.3 Å². The molecule has 0 amide bonds. The van der Waals surface area contributed by atoms with Crippen molar-refractivity contribution < 1.29 is 0 Å². The monoisotopic (exact) mass is 298 g/mol. The number of nitrogen functional groups attached to an aromatic ring is 1. The second kappa shape index (κ2) is 6.72. The first kappa shape index (κ1) is 14.8. The standard InChI is InChI=1S/C16H14N4.ClH/c17-13-6-8-14(9-7-13)20-16-10-15(18-11-19-16)12-4-2-1-3-5-12;/h1-11H,17H2,(H,18,19,20);1H. The fourth-order valence-electron chi connectivity index (χ4n) is 1.91. The van der Waals surface area contributed by atoms with Crippen LogP contribution >= 0.6 is 12.4 Å². The van der Waals surface area contributed by atoms with E-state index in [9.17, 15) is 0 Å². The van der Waals surface area contributed by atoms with Crippen LogP contribution in [-0.4, -0.2) is 9.97 Å². The molecule has 0 radical (unpaired) electrons. The molecule has 0 saturated carbocycles. The quantitative estimate of drug-likeness (QED) is 0.720. The summed E-state index contributed by atoms with van der Waals surface area (Å²) in [6, 6.07) is 19.5. The van der Waals surface area contributed by atoms with Gasteiger partial charge in [0.05, 0.1) is 5.69 Å². The second-order valence-electron chi connectivity index (χ2n) is 4.40. The Labute approximate surface area is 129 Å². The minimum atomic E-state index is 0. The van der Waals surface area contributed by atoms with Gasteiger partial charge >= 0.3 is 0 Å². The third-order valence-corrected chi connectivity index (χ3v) is 2.92. The van der Waals surface area contributed by atoms with E-state index in [1.807, 2.05) is 60.7 Å². The van der Waals surface area contributed by atoms with E-state index in [1.54, 1.807) is 6.33 Å². The van der Waals surface area contributed by atoms with Crippen LogP contribution in [-0.2, 0) is 0 Å². The molecule has 0 spiro atoms. The van der Waals surface area contributed by atoms with Gasteiger partial charge in [0.1, 0.15) is 12.1 Å². The minimum Gasteiger partial charge on any atom is -0.399 e. The van der Waals surface area contributed by atoms with Crippen molar-refractivity contribution in [1.82, 2.24) is 9.97 Å². The summed E-state index contributed by atoms with van der Waals surface area (Å²) in [5.41, 5.74) is 9.30. The van der Waals surface area contributed by atoms with E-state index in [4.69, 9.17) is 5.73 Å². The molecule has 1 heterocycles. The fourth-order valence-corrected chi connectivity index (χ4v) is 1.91. The Hall–Kier alpha value is -2.59. The van der Waals surface area contributed by atoms with Crippen LogP contribution in [0.3, 0.4) is 0 Å². The summed E-state index contributed by atoms with van der Waals surface area (Å²) in [5, 5.41) is 3.23. The summed E-state index contributed by atoms with van der Waals surface area (Å²) in [6.07, 6.45) is 1.56. The van der Waals surface area contributed by atoms with Gasteiger partial charge in [0.15, 0.2) is 0 Å². The molecular weight excluding hydrogens is 284 g/mol. The predicted molar refractivity (Wildman–Crippen MR) is 88.9 cm³/mol. The lowest BCUT2D eigenvalue weighted by molar-refractivity contribution is 1.17. The zero-order valence-corrected chi connectivity index (χ0v) is 12.0. The highest BCUT2D eigenvalue weighted by Gasteiger charge is 2.01. The van der Waals surface area contributed by atoms with Crippen LogP contribution in [0, 0.1) is 0 Å². The Morgan fingerprint density at radius 3 is 2.29 bits per heavy atom. The van der Waals surface area contributed by atoms with E-state index in [-0.39, 0.29) is 12.4 Å². The number of aromatic nitrogens is 2. The first-order valence-corrected chi connectivity index (χ1v) is 6.31. The minimum absolute atomic E-state index is 0. The summed E-state index contributed by atoms with van der Waals surface area (Å²) in [7, 11) is 0. The maximum atomic E-state index is 5.67. The first-order chi connectivity index (χ1) is 9.81. The molecule has 1 aromatic heterocycles. The number of benzene rings is 2. The Balaban J connectivity index is 0.00000161. The van der Waals surface area contributed by atoms with Gasteiger partial charge in [0, 0.05) is 23.0 Å². The lowest BCUT2D eigenvalue weighted by Gasteiger charge is -2.07. The van der Waals surface area contributed by atoms with Crippen LogP contribution < -0.4 is 11.1 Å². The van der Waals surface area contributed by atoms with Gasteiger partial charge in [0.25, 0.3) is 0 Å². The lowest BCUT2D eigenvalue weighted by atomic mass is 10.1. The van der Waals surface area contributed by atoms with E-state index >= 15 is 0 Å². The van der Waals surface area contributed by atoms with Gasteiger partial charge in [-0.05, 0) is 24.3 Å². The normalized spacial score (nSPS) is 9.71. The Morgan fingerprint density at radius 2 is 1.57 bits per heavy atom. The predicted octanol–water partition coefficient (Wildman–Crippen LogP) is 3.89. The molecule has 0 aliphatic rings. The van der Waals surface area contributed by atoms with Crippen LogP contribution in [0.5, 0.6) is 0 Å². The van der Waals surface area contributed by atoms with Crippen molar-refractivity contribution >= 4 is 29.6 Å². The number of nitrogens with zero attached hydrogens (tertiary/aromatic N) is 2. The van der Waals surface area contributed by atoms with Crippen molar-refractivity contribution in [3.63, 3.8) is 0 Å². The van der Waals surface area contributed by atoms with Gasteiger partial charge in [-0.3, -0.25) is 0 Å². The number of hydrogen-bond donors (Lipinski definition) is 2. The highest BCUT2D eigenvalue weighted by atomic mass is 35.5. The third kappa shape index (κ3) is 3.70. The number of nitrogens with two attached hydrogens (primary N) is 1. The molecule has 2 aromatic carbocycles. The number of rotatable bonds is 3. The molecule has 0 aliphatic heterocycles. The second-order valence-corrected chi connectivity index (χ2v) is 4.40. The highest BCUT2D eigenvalue weighted by molar-refractivity contribution is 5.85. The maximum Gasteiger partial charge on any atom is 0.134 e. The Bertz CT molecular complexity index is 699. The van der Waals surface area contributed by atoms with Gasteiger partial charge in [-0.15, -0.1) is 12.4 Å². The summed E-state index contributed by atoms with van der Waals surface area (Å²) >= 11 is 0. The molecule has 3 rings (SSSR count). The van der Waals surface area contributed by atoms with E-state index in [0.29, 0.717) is 0 Å². The van der Waals surface area contributed by atoms with Gasteiger partial charge in [0.2, 0.25) is 0 Å². The maximum absolute atomic E-state index is 5.67. The van der Waals surface area contributed by atoms with Crippen molar-refractivity contribution in [3.8, 4) is 11.3 Å². The smallest absolute Gasteiger partial charge is 0.134 e. The zero-order chi connectivity index (χ0) is 13.8. The molecular formula is C16H15ClN4. The third-order valence-electron chi connectivity index (χ3n) is 2.92. The molecule has 0 aliphatic carbocycles. The lowest BCUT2D eigenvalue weighted by Crippen LogP contribution is -1.95. The van der Waals surface area contributed by atoms with Crippen molar-refractivity contribution in [1.29, 1.82) is 0 Å². The van der Waals surface area contributed by atoms with Gasteiger partial charge < -0.3 is 11.1 Å². The number of hydrogen-bond acceptors (Lipinski definition) is 4. The zero-order valence-electron chi connectivity index (χ0n) is 11.2. The Kier molecular flexibility index (Phi) is 4.74. The number of halogens is 1. The van der Waals surface area contributed by atoms with E-state index < -0.39 is 0 Å². The fraction of sp³-hybridized carbons (Fsp3) is 0. The van der Waals surface area contributed by atoms with Crippen molar-refractivity contribution in [2.24, 2.45) is 0 Å². The molecule has 0 saturated heterocycles. The molecule has 0 atom stereocenters. The molecule has 3 N–H and O–H groups in total. The highest BCUT2D eigenvalue weighted by Crippen LogP contribution is 2.21. The molecule has 106 valence electrons. The molecule has 0 bridgehead atoms. The molecule has 0 fully saturated rings. The topological polar surface area (TPSA) is 63.8 Å². The molecule has 4 nitrogen and oxygen atoms in total. The summed E-state index contributed by atoms with van der Waals surface area (Å²) in [5.74, 6) is 0.753. The van der Waals surface area contributed by atoms with Crippen molar-refractivity contribution in [3.05, 3.63) is 67.0 Å². The van der Waals surface area contributed by atoms with Crippen LogP contribution in [0.4, 0.5) is 17.2 Å². The molecule has 3 aromatic rings. The van der Waals surface area contributed by atoms with Crippen molar-refractivity contribution in [2.75, 3.05) is 11.1 Å². The molecule has 0 unspecified atom stereocenters. The van der Waals surface area contributed by atoms with Gasteiger partial charge in [-0.25, -0.2) is 9.97 Å². The van der Waals surface area contributed by atoms with Gasteiger partial charge in [-0.1, -0.05) is 30.3 Å². The average molecular weight is 299 g/mol. The molecule has 5 heteroatoms. The van der Waals surface area contributed by atoms with E-state index in [0.717, 1.165) is 28.5 Å². The van der Waals surface area contributed by atoms with Crippen LogP contribution in [0.2, 0.25) is 0 Å². The van der Waals surface area contributed by atoms with E-state index in [2.05, 4.69) is 15.3 Å². The number of anilines is 3. The summed E-state index contributed by atoms with van der Waals surface area (Å²) in [6.45, 7) is 0. The summed E-state index contributed by atoms with van der Waals surface area (Å²) in [4.78, 5) is 8.52. The van der Waals surface area contributed by atoms with E-state index in [1.165, 1.54) is 0 Å². The van der Waals surface area contributed by atoms with Crippen molar-refractivity contribution in [2.45, 2.75) is 0 Å². The molecule has 21 heavy (non-hydrogen) atoms. The summed E-state index contributed by atoms with van der Waals surface area (Å²) < 4.78 is 0. The Morgan fingerprint density at radius 1 is 0.857 bits per heavy atom. The van der Waals surface area contributed by atoms with Crippen LogP contribution in [0.15, 0.2) is 67.0 Å². The average Bonchev–Trinajstić information content (AvgIpc) is 2.51. The van der Waals surface area contributed by atoms with Gasteiger partial charge in [-0.2, -0.15) is 0 Å². The first-order valence-electron chi connectivity index (χ1n) is 6.31. The van der Waals surface area contributed by atoms with Crippen LogP contribution in [0.1, 0.15) is 0 Å². The largest absolute Gasteiger partial charge is 0.399 e.